The molecule has 0 fully saturated rings. The standard InChI is InChI=1S/C23H25N3O/c1-27-17-10-11-22-19(14-17)23(18-7-3-5-9-21(18)25-22)26-13-12-24-20-8-4-2-6-16(20)15-26/h2,4,6,8,10-11,14,24H,3,5,7,9,12-13,15H2,1H3. The fourth-order valence-electron chi connectivity index (χ4n) is 4.50. The van der Waals surface area contributed by atoms with E-state index in [0.29, 0.717) is 0 Å². The van der Waals surface area contributed by atoms with Crippen LogP contribution in [-0.4, -0.2) is 25.2 Å². The Morgan fingerprint density at radius 3 is 2.89 bits per heavy atom. The summed E-state index contributed by atoms with van der Waals surface area (Å²) in [5.74, 6) is 0.898. The lowest BCUT2D eigenvalue weighted by atomic mass is 9.92. The van der Waals surface area contributed by atoms with Crippen molar-refractivity contribution in [3.05, 3.63) is 59.3 Å². The van der Waals surface area contributed by atoms with E-state index in [2.05, 4.69) is 46.6 Å². The van der Waals surface area contributed by atoms with Crippen LogP contribution in [0.25, 0.3) is 10.9 Å². The topological polar surface area (TPSA) is 37.4 Å². The largest absolute Gasteiger partial charge is 0.497 e. The molecule has 2 aliphatic rings. The zero-order valence-corrected chi connectivity index (χ0v) is 15.8. The average Bonchev–Trinajstić information content (AvgIpc) is 2.93. The van der Waals surface area contributed by atoms with E-state index in [1.54, 1.807) is 7.11 Å². The Balaban J connectivity index is 1.71. The highest BCUT2D eigenvalue weighted by molar-refractivity contribution is 5.95. The second-order valence-electron chi connectivity index (χ2n) is 7.48. The van der Waals surface area contributed by atoms with Crippen LogP contribution in [0.2, 0.25) is 0 Å². The Kier molecular flexibility index (Phi) is 4.12. The molecule has 2 aromatic carbocycles. The van der Waals surface area contributed by atoms with E-state index in [4.69, 9.17) is 9.72 Å². The number of hydrogen-bond donors (Lipinski definition) is 1. The van der Waals surface area contributed by atoms with Crippen LogP contribution >= 0.6 is 0 Å². The van der Waals surface area contributed by atoms with Gasteiger partial charge in [-0.3, -0.25) is 4.98 Å². The van der Waals surface area contributed by atoms with Gasteiger partial charge in [0.25, 0.3) is 0 Å². The molecule has 1 aliphatic heterocycles. The van der Waals surface area contributed by atoms with Gasteiger partial charge in [-0.15, -0.1) is 0 Å². The number of aryl methyl sites for hydroxylation is 1. The Bertz CT molecular complexity index is 998. The highest BCUT2D eigenvalue weighted by atomic mass is 16.5. The van der Waals surface area contributed by atoms with E-state index >= 15 is 0 Å². The second kappa shape index (κ2) is 6.76. The first kappa shape index (κ1) is 16.4. The van der Waals surface area contributed by atoms with Crippen LogP contribution in [0.5, 0.6) is 5.75 Å². The summed E-state index contributed by atoms with van der Waals surface area (Å²) in [6.07, 6.45) is 4.70. The number of anilines is 2. The van der Waals surface area contributed by atoms with Crippen molar-refractivity contribution in [1.29, 1.82) is 0 Å². The molecule has 1 N–H and O–H groups in total. The third kappa shape index (κ3) is 2.89. The Morgan fingerprint density at radius 1 is 1.07 bits per heavy atom. The minimum atomic E-state index is 0.898. The number of rotatable bonds is 2. The monoisotopic (exact) mass is 359 g/mol. The van der Waals surface area contributed by atoms with Crippen molar-refractivity contribution in [3.63, 3.8) is 0 Å². The normalized spacial score (nSPS) is 16.3. The first-order valence-electron chi connectivity index (χ1n) is 9.90. The molecule has 138 valence electrons. The van der Waals surface area contributed by atoms with Gasteiger partial charge in [-0.2, -0.15) is 0 Å². The van der Waals surface area contributed by atoms with Gasteiger partial charge in [-0.1, -0.05) is 18.2 Å². The predicted molar refractivity (Wildman–Crippen MR) is 111 cm³/mol. The van der Waals surface area contributed by atoms with Crippen LogP contribution in [0, 0.1) is 0 Å². The molecular formula is C23H25N3O. The zero-order valence-electron chi connectivity index (χ0n) is 15.8. The summed E-state index contributed by atoms with van der Waals surface area (Å²) in [5, 5.41) is 4.81. The molecule has 2 heterocycles. The molecule has 1 aliphatic carbocycles. The molecule has 0 atom stereocenters. The Labute approximate surface area is 160 Å². The minimum absolute atomic E-state index is 0.898. The van der Waals surface area contributed by atoms with Crippen LogP contribution in [-0.2, 0) is 19.4 Å². The summed E-state index contributed by atoms with van der Waals surface area (Å²) in [6, 6.07) is 14.9. The van der Waals surface area contributed by atoms with E-state index in [-0.39, 0.29) is 0 Å². The van der Waals surface area contributed by atoms with Crippen LogP contribution < -0.4 is 15.0 Å². The predicted octanol–water partition coefficient (Wildman–Crippen LogP) is 4.55. The number of fused-ring (bicyclic) bond motifs is 3. The molecule has 4 heteroatoms. The molecule has 1 aromatic heterocycles. The highest BCUT2D eigenvalue weighted by Gasteiger charge is 2.24. The quantitative estimate of drug-likeness (QED) is 0.728. The molecule has 0 saturated carbocycles. The van der Waals surface area contributed by atoms with Crippen molar-refractivity contribution in [2.75, 3.05) is 30.4 Å². The maximum Gasteiger partial charge on any atom is 0.119 e. The van der Waals surface area contributed by atoms with E-state index < -0.39 is 0 Å². The lowest BCUT2D eigenvalue weighted by Gasteiger charge is -2.30. The van der Waals surface area contributed by atoms with Gasteiger partial charge in [0.2, 0.25) is 0 Å². The molecule has 27 heavy (non-hydrogen) atoms. The van der Waals surface area contributed by atoms with Crippen molar-refractivity contribution in [2.45, 2.75) is 32.2 Å². The average molecular weight is 359 g/mol. The van der Waals surface area contributed by atoms with Crippen LogP contribution in [0.4, 0.5) is 11.4 Å². The third-order valence-corrected chi connectivity index (χ3v) is 5.83. The maximum atomic E-state index is 5.53. The number of ether oxygens (including phenoxy) is 1. The number of benzene rings is 2. The SMILES string of the molecule is COc1ccc2nc3c(c(N4CCNc5ccccc5C4)c2c1)CCCC3. The van der Waals surface area contributed by atoms with Crippen LogP contribution in [0.3, 0.4) is 0 Å². The van der Waals surface area contributed by atoms with Crippen molar-refractivity contribution < 1.29 is 4.74 Å². The Hall–Kier alpha value is -2.75. The summed E-state index contributed by atoms with van der Waals surface area (Å²) in [4.78, 5) is 7.56. The number of nitrogens with zero attached hydrogens (tertiary/aromatic N) is 2. The number of methoxy groups -OCH3 is 1. The first-order valence-corrected chi connectivity index (χ1v) is 9.90. The summed E-state index contributed by atoms with van der Waals surface area (Å²) in [6.45, 7) is 2.85. The first-order chi connectivity index (χ1) is 13.3. The van der Waals surface area contributed by atoms with Crippen molar-refractivity contribution in [1.82, 2.24) is 4.98 Å². The minimum Gasteiger partial charge on any atom is -0.497 e. The maximum absolute atomic E-state index is 5.53. The van der Waals surface area contributed by atoms with Gasteiger partial charge in [-0.05, 0) is 61.1 Å². The summed E-state index contributed by atoms with van der Waals surface area (Å²) in [7, 11) is 1.73. The second-order valence-corrected chi connectivity index (χ2v) is 7.48. The summed E-state index contributed by atoms with van der Waals surface area (Å²) < 4.78 is 5.53. The molecule has 0 unspecified atom stereocenters. The summed E-state index contributed by atoms with van der Waals surface area (Å²) >= 11 is 0. The lowest BCUT2D eigenvalue weighted by molar-refractivity contribution is 0.415. The molecule has 0 radical (unpaired) electrons. The van der Waals surface area contributed by atoms with E-state index in [0.717, 1.165) is 43.7 Å². The third-order valence-electron chi connectivity index (χ3n) is 5.83. The fourth-order valence-corrected chi connectivity index (χ4v) is 4.50. The van der Waals surface area contributed by atoms with Crippen molar-refractivity contribution in [2.24, 2.45) is 0 Å². The number of hydrogen-bond acceptors (Lipinski definition) is 4. The molecule has 0 bridgehead atoms. The molecule has 3 aromatic rings. The fraction of sp³-hybridized carbons (Fsp3) is 0.348. The Morgan fingerprint density at radius 2 is 1.96 bits per heavy atom. The number of aromatic nitrogens is 1. The van der Waals surface area contributed by atoms with E-state index in [1.807, 2.05) is 6.07 Å². The van der Waals surface area contributed by atoms with E-state index in [1.165, 1.54) is 46.4 Å². The van der Waals surface area contributed by atoms with Crippen LogP contribution in [0.15, 0.2) is 42.5 Å². The molecular weight excluding hydrogens is 334 g/mol. The van der Waals surface area contributed by atoms with E-state index in [9.17, 15) is 0 Å². The van der Waals surface area contributed by atoms with Crippen molar-refractivity contribution in [3.8, 4) is 5.75 Å². The van der Waals surface area contributed by atoms with Gasteiger partial charge >= 0.3 is 0 Å². The van der Waals surface area contributed by atoms with Crippen molar-refractivity contribution >= 4 is 22.3 Å². The van der Waals surface area contributed by atoms with Gasteiger partial charge in [0.15, 0.2) is 0 Å². The number of pyridine rings is 1. The smallest absolute Gasteiger partial charge is 0.119 e. The zero-order chi connectivity index (χ0) is 18.2. The number of para-hydroxylation sites is 1. The molecule has 5 rings (SSSR count). The molecule has 0 saturated heterocycles. The molecule has 0 spiro atoms. The molecule has 0 amide bonds. The van der Waals surface area contributed by atoms with Gasteiger partial charge in [-0.25, -0.2) is 0 Å². The summed E-state index contributed by atoms with van der Waals surface area (Å²) in [5.41, 5.74) is 7.79. The number of nitrogens with one attached hydrogen (secondary N) is 1. The van der Waals surface area contributed by atoms with Crippen LogP contribution in [0.1, 0.15) is 29.7 Å². The van der Waals surface area contributed by atoms with Gasteiger partial charge in [0.1, 0.15) is 5.75 Å². The lowest BCUT2D eigenvalue weighted by Crippen LogP contribution is -2.28. The molecule has 4 nitrogen and oxygen atoms in total. The van der Waals surface area contributed by atoms with Gasteiger partial charge in [0.05, 0.1) is 18.3 Å². The highest BCUT2D eigenvalue weighted by Crippen LogP contribution is 2.38. The van der Waals surface area contributed by atoms with Gasteiger partial charge in [0, 0.05) is 36.4 Å². The van der Waals surface area contributed by atoms with Gasteiger partial charge < -0.3 is 15.0 Å².